The van der Waals surface area contributed by atoms with Crippen LogP contribution in [0.2, 0.25) is 0 Å². The van der Waals surface area contributed by atoms with Gasteiger partial charge in [-0.15, -0.1) is 11.3 Å². The second-order valence-corrected chi connectivity index (χ2v) is 8.24. The number of hydrogen-bond donors (Lipinski definition) is 1. The fraction of sp³-hybridized carbons (Fsp3) is 0.400. The first-order chi connectivity index (χ1) is 13.2. The molecular weight excluding hydrogens is 378 g/mol. The summed E-state index contributed by atoms with van der Waals surface area (Å²) in [5.74, 6) is -0.0282. The molecule has 3 aromatic rings. The number of aromatic nitrogens is 1. The third kappa shape index (κ3) is 4.66. The lowest BCUT2D eigenvalue weighted by Crippen LogP contribution is -2.34. The molecule has 0 saturated heterocycles. The van der Waals surface area contributed by atoms with Gasteiger partial charge in [0.05, 0.1) is 16.2 Å². The zero-order chi connectivity index (χ0) is 19.2. The number of hydrogen-bond acceptors (Lipinski definition) is 6. The maximum Gasteiger partial charge on any atom is 0.264 e. The topological polar surface area (TPSA) is 56.7 Å². The van der Waals surface area contributed by atoms with Crippen LogP contribution in [-0.2, 0) is 6.42 Å². The molecule has 0 aliphatic rings. The molecule has 2 heterocycles. The number of carbonyl (C=O) groups is 1. The highest BCUT2D eigenvalue weighted by atomic mass is 32.1. The number of anilines is 1. The van der Waals surface area contributed by atoms with Crippen LogP contribution in [-0.4, -0.2) is 53.7 Å². The van der Waals surface area contributed by atoms with Crippen LogP contribution in [0.3, 0.4) is 0 Å². The van der Waals surface area contributed by atoms with Crippen molar-refractivity contribution < 1.29 is 9.90 Å². The van der Waals surface area contributed by atoms with E-state index >= 15 is 0 Å². The smallest absolute Gasteiger partial charge is 0.264 e. The molecule has 0 radical (unpaired) electrons. The summed E-state index contributed by atoms with van der Waals surface area (Å²) in [6, 6.07) is 12.0. The van der Waals surface area contributed by atoms with Crippen molar-refractivity contribution in [3.63, 3.8) is 0 Å². The van der Waals surface area contributed by atoms with E-state index < -0.39 is 0 Å². The minimum absolute atomic E-state index is 0.0282. The summed E-state index contributed by atoms with van der Waals surface area (Å²) in [5, 5.41) is 10.4. The molecule has 0 bridgehead atoms. The molecule has 1 aromatic carbocycles. The Morgan fingerprint density at radius 1 is 1.11 bits per heavy atom. The molecule has 1 N–H and O–H groups in total. The summed E-state index contributed by atoms with van der Waals surface area (Å²) >= 11 is 3.07. The van der Waals surface area contributed by atoms with Gasteiger partial charge in [-0.05, 0) is 31.9 Å². The minimum Gasteiger partial charge on any atom is -0.395 e. The normalized spacial score (nSPS) is 11.1. The Balaban J connectivity index is 1.74. The number of amides is 1. The Morgan fingerprint density at radius 3 is 2.48 bits per heavy atom. The third-order valence-electron chi connectivity index (χ3n) is 4.49. The Kier molecular flexibility index (Phi) is 6.82. The van der Waals surface area contributed by atoms with E-state index in [0.29, 0.717) is 18.0 Å². The summed E-state index contributed by atoms with van der Waals surface area (Å²) in [6.07, 6.45) is 0.774. The summed E-state index contributed by atoms with van der Waals surface area (Å²) in [4.78, 5) is 23.2. The van der Waals surface area contributed by atoms with Gasteiger partial charge < -0.3 is 14.9 Å². The third-order valence-corrected chi connectivity index (χ3v) is 6.70. The van der Waals surface area contributed by atoms with Crippen LogP contribution in [0.1, 0.15) is 29.1 Å². The van der Waals surface area contributed by atoms with E-state index in [2.05, 4.69) is 30.9 Å². The van der Waals surface area contributed by atoms with Gasteiger partial charge in [0, 0.05) is 26.2 Å². The Bertz CT molecular complexity index is 840. The minimum atomic E-state index is -0.0371. The highest BCUT2D eigenvalue weighted by molar-refractivity contribution is 7.29. The van der Waals surface area contributed by atoms with Crippen LogP contribution in [0.4, 0.5) is 5.13 Å². The van der Waals surface area contributed by atoms with E-state index in [1.807, 2.05) is 24.3 Å². The molecule has 7 heteroatoms. The standard InChI is InChI=1S/C20H25N3O2S2/c1-3-22(4-2)20-21-18-16(27-20)14-17(26-18)19(25)23(12-13-24)11-10-15-8-6-5-7-9-15/h5-9,14,24H,3-4,10-13H2,1-2H3. The molecule has 144 valence electrons. The van der Waals surface area contributed by atoms with Crippen molar-refractivity contribution in [1.82, 2.24) is 9.88 Å². The van der Waals surface area contributed by atoms with E-state index in [0.717, 1.165) is 34.2 Å². The molecule has 3 rings (SSSR count). The molecule has 0 aliphatic heterocycles. The fourth-order valence-electron chi connectivity index (χ4n) is 2.96. The Hall–Kier alpha value is -1.96. The van der Waals surface area contributed by atoms with Gasteiger partial charge in [-0.1, -0.05) is 41.7 Å². The van der Waals surface area contributed by atoms with Crippen molar-refractivity contribution in [3.8, 4) is 0 Å². The number of benzene rings is 1. The molecule has 2 aromatic heterocycles. The van der Waals surface area contributed by atoms with Crippen molar-refractivity contribution in [1.29, 1.82) is 0 Å². The molecule has 0 saturated carbocycles. The Morgan fingerprint density at radius 2 is 1.85 bits per heavy atom. The SMILES string of the molecule is CCN(CC)c1nc2sc(C(=O)N(CCO)CCc3ccccc3)cc2s1. The van der Waals surface area contributed by atoms with Gasteiger partial charge in [0.2, 0.25) is 0 Å². The molecule has 5 nitrogen and oxygen atoms in total. The molecule has 0 aliphatic carbocycles. The van der Waals surface area contributed by atoms with Gasteiger partial charge in [0.1, 0.15) is 4.83 Å². The molecule has 0 atom stereocenters. The van der Waals surface area contributed by atoms with E-state index in [4.69, 9.17) is 4.98 Å². The number of aliphatic hydroxyl groups excluding tert-OH is 1. The zero-order valence-electron chi connectivity index (χ0n) is 15.7. The predicted molar refractivity (Wildman–Crippen MR) is 114 cm³/mol. The summed E-state index contributed by atoms with van der Waals surface area (Å²) < 4.78 is 1.05. The number of thiophene rings is 1. The Labute approximate surface area is 167 Å². The first-order valence-corrected chi connectivity index (χ1v) is 10.9. The molecule has 27 heavy (non-hydrogen) atoms. The van der Waals surface area contributed by atoms with Gasteiger partial charge in [-0.3, -0.25) is 4.79 Å². The van der Waals surface area contributed by atoms with E-state index in [1.165, 1.54) is 16.9 Å². The number of nitrogens with zero attached hydrogens (tertiary/aromatic N) is 3. The summed E-state index contributed by atoms with van der Waals surface area (Å²) in [5.41, 5.74) is 1.19. The highest BCUT2D eigenvalue weighted by Crippen LogP contribution is 2.35. The molecule has 1 amide bonds. The summed E-state index contributed by atoms with van der Waals surface area (Å²) in [7, 11) is 0. The van der Waals surface area contributed by atoms with Crippen LogP contribution in [0.15, 0.2) is 36.4 Å². The number of thiazole rings is 1. The quantitative estimate of drug-likeness (QED) is 0.589. The number of rotatable bonds is 9. The molecule has 0 unspecified atom stereocenters. The van der Waals surface area contributed by atoms with Gasteiger partial charge in [-0.25, -0.2) is 4.98 Å². The largest absolute Gasteiger partial charge is 0.395 e. The van der Waals surface area contributed by atoms with Gasteiger partial charge in [0.15, 0.2) is 5.13 Å². The fourth-order valence-corrected chi connectivity index (χ4v) is 5.26. The first-order valence-electron chi connectivity index (χ1n) is 9.25. The van der Waals surface area contributed by atoms with E-state index in [1.54, 1.807) is 16.2 Å². The lowest BCUT2D eigenvalue weighted by atomic mass is 10.1. The maximum atomic E-state index is 12.9. The van der Waals surface area contributed by atoms with Crippen LogP contribution in [0, 0.1) is 0 Å². The first kappa shape index (κ1) is 19.8. The number of carbonyl (C=O) groups excluding carboxylic acids is 1. The monoisotopic (exact) mass is 403 g/mol. The van der Waals surface area contributed by atoms with Crippen LogP contribution >= 0.6 is 22.7 Å². The van der Waals surface area contributed by atoms with Gasteiger partial charge >= 0.3 is 0 Å². The molecule has 0 spiro atoms. The lowest BCUT2D eigenvalue weighted by Gasteiger charge is -2.21. The second-order valence-electron chi connectivity index (χ2n) is 6.20. The highest BCUT2D eigenvalue weighted by Gasteiger charge is 2.20. The van der Waals surface area contributed by atoms with Crippen molar-refractivity contribution in [2.75, 3.05) is 37.7 Å². The van der Waals surface area contributed by atoms with E-state index in [-0.39, 0.29) is 12.5 Å². The van der Waals surface area contributed by atoms with Crippen molar-refractivity contribution >= 4 is 43.2 Å². The van der Waals surface area contributed by atoms with Crippen LogP contribution in [0.5, 0.6) is 0 Å². The lowest BCUT2D eigenvalue weighted by molar-refractivity contribution is 0.0729. The average Bonchev–Trinajstić information content (AvgIpc) is 3.26. The molecular formula is C20H25N3O2S2. The predicted octanol–water partition coefficient (Wildman–Crippen LogP) is 3.88. The van der Waals surface area contributed by atoms with Crippen molar-refractivity contribution in [3.05, 3.63) is 46.8 Å². The zero-order valence-corrected chi connectivity index (χ0v) is 17.4. The maximum absolute atomic E-state index is 12.9. The number of fused-ring (bicyclic) bond motifs is 1. The van der Waals surface area contributed by atoms with Crippen molar-refractivity contribution in [2.24, 2.45) is 0 Å². The van der Waals surface area contributed by atoms with Crippen LogP contribution in [0.25, 0.3) is 9.53 Å². The van der Waals surface area contributed by atoms with Gasteiger partial charge in [-0.2, -0.15) is 0 Å². The molecule has 0 fully saturated rings. The van der Waals surface area contributed by atoms with Gasteiger partial charge in [0.25, 0.3) is 5.91 Å². The second kappa shape index (κ2) is 9.30. The van der Waals surface area contributed by atoms with Crippen LogP contribution < -0.4 is 4.90 Å². The van der Waals surface area contributed by atoms with E-state index in [9.17, 15) is 9.90 Å². The number of aliphatic hydroxyl groups is 1. The summed E-state index contributed by atoms with van der Waals surface area (Å²) in [6.45, 7) is 6.98. The van der Waals surface area contributed by atoms with Crippen molar-refractivity contribution in [2.45, 2.75) is 20.3 Å². The average molecular weight is 404 g/mol.